The van der Waals surface area contributed by atoms with Gasteiger partial charge in [-0.25, -0.2) is 0 Å². The van der Waals surface area contributed by atoms with Gasteiger partial charge in [0.25, 0.3) is 0 Å². The Balaban J connectivity index is 1.72. The molecule has 2 aromatic carbocycles. The molecule has 0 aliphatic carbocycles. The topological polar surface area (TPSA) is 49.4 Å². The van der Waals surface area contributed by atoms with E-state index in [0.29, 0.717) is 12.8 Å². The molecule has 0 saturated heterocycles. The number of hydrogen-bond donors (Lipinski definition) is 1. The van der Waals surface area contributed by atoms with E-state index in [1.165, 1.54) is 0 Å². The van der Waals surface area contributed by atoms with Crippen molar-refractivity contribution in [3.05, 3.63) is 59.2 Å². The van der Waals surface area contributed by atoms with E-state index in [0.717, 1.165) is 40.9 Å². The number of rotatable bonds is 4. The Morgan fingerprint density at radius 3 is 2.75 bits per heavy atom. The van der Waals surface area contributed by atoms with E-state index >= 15 is 0 Å². The lowest BCUT2D eigenvalue weighted by molar-refractivity contribution is -0.118. The van der Waals surface area contributed by atoms with E-state index < -0.39 is 0 Å². The van der Waals surface area contributed by atoms with E-state index in [4.69, 9.17) is 0 Å². The molecule has 1 N–H and O–H groups in total. The molecular weight excluding hydrogens is 300 g/mol. The van der Waals surface area contributed by atoms with Crippen molar-refractivity contribution in [1.82, 2.24) is 0 Å². The van der Waals surface area contributed by atoms with Gasteiger partial charge in [-0.05, 0) is 41.7 Å². The highest BCUT2D eigenvalue weighted by Gasteiger charge is 2.21. The molecule has 4 nitrogen and oxygen atoms in total. The predicted octanol–water partition coefficient (Wildman–Crippen LogP) is 3.34. The number of amides is 2. The Hall–Kier alpha value is -2.62. The molecule has 1 aliphatic rings. The second kappa shape index (κ2) is 6.87. The molecule has 0 atom stereocenters. The third-order valence-corrected chi connectivity index (χ3v) is 4.52. The van der Waals surface area contributed by atoms with Crippen molar-refractivity contribution in [2.45, 2.75) is 32.6 Å². The zero-order valence-electron chi connectivity index (χ0n) is 14.1. The van der Waals surface area contributed by atoms with Gasteiger partial charge in [-0.2, -0.15) is 0 Å². The van der Waals surface area contributed by atoms with Crippen molar-refractivity contribution < 1.29 is 9.59 Å². The molecule has 1 heterocycles. The molecule has 2 aromatic rings. The Morgan fingerprint density at radius 2 is 1.96 bits per heavy atom. The van der Waals surface area contributed by atoms with Crippen molar-refractivity contribution >= 4 is 23.2 Å². The SMILES string of the molecule is CCc1ccccc1NC(=O)Cc1ccc2c(c1)CCC(=O)N2C. The Bertz CT molecular complexity index is 783. The fourth-order valence-corrected chi connectivity index (χ4v) is 3.15. The fraction of sp³-hybridized carbons (Fsp3) is 0.300. The first-order chi connectivity index (χ1) is 11.6. The van der Waals surface area contributed by atoms with Crippen molar-refractivity contribution in [2.24, 2.45) is 0 Å². The number of carbonyl (C=O) groups excluding carboxylic acids is 2. The summed E-state index contributed by atoms with van der Waals surface area (Å²) in [6, 6.07) is 13.8. The van der Waals surface area contributed by atoms with Crippen LogP contribution in [0.4, 0.5) is 11.4 Å². The lowest BCUT2D eigenvalue weighted by Gasteiger charge is -2.26. The van der Waals surface area contributed by atoms with E-state index in [9.17, 15) is 9.59 Å². The number of benzene rings is 2. The summed E-state index contributed by atoms with van der Waals surface area (Å²) >= 11 is 0. The average Bonchev–Trinajstić information content (AvgIpc) is 2.58. The van der Waals surface area contributed by atoms with Crippen LogP contribution in [-0.4, -0.2) is 18.9 Å². The van der Waals surface area contributed by atoms with Gasteiger partial charge in [0.05, 0.1) is 6.42 Å². The quantitative estimate of drug-likeness (QED) is 0.938. The maximum absolute atomic E-state index is 12.4. The summed E-state index contributed by atoms with van der Waals surface area (Å²) in [7, 11) is 1.80. The summed E-state index contributed by atoms with van der Waals surface area (Å²) < 4.78 is 0. The molecular formula is C20H22N2O2. The average molecular weight is 322 g/mol. The van der Waals surface area contributed by atoms with Crippen LogP contribution in [-0.2, 0) is 28.9 Å². The second-order valence-corrected chi connectivity index (χ2v) is 6.15. The summed E-state index contributed by atoms with van der Waals surface area (Å²) in [4.78, 5) is 25.8. The van der Waals surface area contributed by atoms with Crippen LogP contribution in [0.15, 0.2) is 42.5 Å². The second-order valence-electron chi connectivity index (χ2n) is 6.15. The molecule has 3 rings (SSSR count). The number of fused-ring (bicyclic) bond motifs is 1. The molecule has 1 aliphatic heterocycles. The van der Waals surface area contributed by atoms with Gasteiger partial charge in [-0.3, -0.25) is 9.59 Å². The fourth-order valence-electron chi connectivity index (χ4n) is 3.15. The van der Waals surface area contributed by atoms with E-state index in [1.807, 2.05) is 42.5 Å². The van der Waals surface area contributed by atoms with Crippen molar-refractivity contribution in [3.8, 4) is 0 Å². The Kier molecular flexibility index (Phi) is 4.65. The number of anilines is 2. The summed E-state index contributed by atoms with van der Waals surface area (Å²) in [5.41, 5.74) is 5.08. The lowest BCUT2D eigenvalue weighted by atomic mass is 9.98. The van der Waals surface area contributed by atoms with E-state index in [1.54, 1.807) is 11.9 Å². The summed E-state index contributed by atoms with van der Waals surface area (Å²) in [5, 5.41) is 3.00. The highest BCUT2D eigenvalue weighted by atomic mass is 16.2. The third-order valence-electron chi connectivity index (χ3n) is 4.52. The van der Waals surface area contributed by atoms with Gasteiger partial charge < -0.3 is 10.2 Å². The maximum atomic E-state index is 12.4. The van der Waals surface area contributed by atoms with Crippen molar-refractivity contribution in [1.29, 1.82) is 0 Å². The van der Waals surface area contributed by atoms with Crippen LogP contribution in [0.5, 0.6) is 0 Å². The van der Waals surface area contributed by atoms with Gasteiger partial charge in [0.15, 0.2) is 0 Å². The van der Waals surface area contributed by atoms with Gasteiger partial charge in [0, 0.05) is 24.8 Å². The number of aryl methyl sites for hydroxylation is 2. The molecule has 2 amide bonds. The number of para-hydroxylation sites is 1. The molecule has 0 radical (unpaired) electrons. The summed E-state index contributed by atoms with van der Waals surface area (Å²) in [6.07, 6.45) is 2.49. The summed E-state index contributed by atoms with van der Waals surface area (Å²) in [6.45, 7) is 2.08. The number of hydrogen-bond acceptors (Lipinski definition) is 2. The molecule has 0 saturated carbocycles. The monoisotopic (exact) mass is 322 g/mol. The van der Waals surface area contributed by atoms with Crippen molar-refractivity contribution in [2.75, 3.05) is 17.3 Å². The van der Waals surface area contributed by atoms with Gasteiger partial charge in [0.1, 0.15) is 0 Å². The van der Waals surface area contributed by atoms with Gasteiger partial charge in [-0.1, -0.05) is 37.3 Å². The zero-order chi connectivity index (χ0) is 17.1. The standard InChI is InChI=1S/C20H22N2O2/c1-3-15-6-4-5-7-17(15)21-19(23)13-14-8-10-18-16(12-14)9-11-20(24)22(18)2/h4-8,10,12H,3,9,11,13H2,1-2H3,(H,21,23). The zero-order valence-corrected chi connectivity index (χ0v) is 14.1. The Morgan fingerprint density at radius 1 is 1.17 bits per heavy atom. The van der Waals surface area contributed by atoms with Gasteiger partial charge in [-0.15, -0.1) is 0 Å². The molecule has 0 fully saturated rings. The maximum Gasteiger partial charge on any atom is 0.228 e. The summed E-state index contributed by atoms with van der Waals surface area (Å²) in [5.74, 6) is 0.125. The van der Waals surface area contributed by atoms with E-state index in [2.05, 4.69) is 12.2 Å². The molecule has 0 aromatic heterocycles. The van der Waals surface area contributed by atoms with E-state index in [-0.39, 0.29) is 11.8 Å². The van der Waals surface area contributed by atoms with Crippen LogP contribution in [0.3, 0.4) is 0 Å². The largest absolute Gasteiger partial charge is 0.326 e. The van der Waals surface area contributed by atoms with Crippen LogP contribution in [0.2, 0.25) is 0 Å². The first kappa shape index (κ1) is 16.2. The smallest absolute Gasteiger partial charge is 0.228 e. The minimum atomic E-state index is -0.0175. The van der Waals surface area contributed by atoms with Crippen LogP contribution < -0.4 is 10.2 Å². The number of nitrogens with zero attached hydrogens (tertiary/aromatic N) is 1. The predicted molar refractivity (Wildman–Crippen MR) is 96.3 cm³/mol. The molecule has 124 valence electrons. The minimum absolute atomic E-state index is 0.0175. The molecule has 4 heteroatoms. The highest BCUT2D eigenvalue weighted by molar-refractivity contribution is 5.96. The third kappa shape index (κ3) is 3.32. The van der Waals surface area contributed by atoms with Gasteiger partial charge in [0.2, 0.25) is 11.8 Å². The highest BCUT2D eigenvalue weighted by Crippen LogP contribution is 2.27. The molecule has 0 spiro atoms. The van der Waals surface area contributed by atoms with Crippen LogP contribution in [0.1, 0.15) is 30.0 Å². The molecule has 0 bridgehead atoms. The van der Waals surface area contributed by atoms with Crippen LogP contribution in [0, 0.1) is 0 Å². The van der Waals surface area contributed by atoms with Gasteiger partial charge >= 0.3 is 0 Å². The van der Waals surface area contributed by atoms with Crippen LogP contribution >= 0.6 is 0 Å². The Labute approximate surface area is 142 Å². The number of nitrogens with one attached hydrogen (secondary N) is 1. The molecule has 24 heavy (non-hydrogen) atoms. The van der Waals surface area contributed by atoms with Crippen LogP contribution in [0.25, 0.3) is 0 Å². The number of carbonyl (C=O) groups is 2. The van der Waals surface area contributed by atoms with Crippen molar-refractivity contribution in [3.63, 3.8) is 0 Å². The lowest BCUT2D eigenvalue weighted by Crippen LogP contribution is -2.31. The minimum Gasteiger partial charge on any atom is -0.326 e. The molecule has 0 unspecified atom stereocenters. The first-order valence-electron chi connectivity index (χ1n) is 8.34. The normalized spacial score (nSPS) is 13.6. The first-order valence-corrected chi connectivity index (χ1v) is 8.34.